The maximum atomic E-state index is 4.55. The predicted molar refractivity (Wildman–Crippen MR) is 67.9 cm³/mol. The third-order valence-electron chi connectivity index (χ3n) is 2.80. The van der Waals surface area contributed by atoms with Gasteiger partial charge in [-0.1, -0.05) is 29.8 Å². The van der Waals surface area contributed by atoms with Gasteiger partial charge in [-0.05, 0) is 26.0 Å². The number of rotatable bonds is 1. The highest BCUT2D eigenvalue weighted by Crippen LogP contribution is 2.19. The molecule has 0 aliphatic rings. The van der Waals surface area contributed by atoms with Gasteiger partial charge in [-0.25, -0.2) is 9.50 Å². The van der Waals surface area contributed by atoms with Crippen molar-refractivity contribution in [1.29, 1.82) is 0 Å². The van der Waals surface area contributed by atoms with Crippen molar-refractivity contribution in [1.82, 2.24) is 14.6 Å². The molecule has 0 bridgehead atoms. The Kier molecular flexibility index (Phi) is 2.18. The highest BCUT2D eigenvalue weighted by Gasteiger charge is 2.04. The highest BCUT2D eigenvalue weighted by molar-refractivity contribution is 5.62. The maximum Gasteiger partial charge on any atom is 0.154 e. The highest BCUT2D eigenvalue weighted by atomic mass is 15.2. The molecule has 1 aromatic carbocycles. The zero-order valence-electron chi connectivity index (χ0n) is 9.88. The van der Waals surface area contributed by atoms with Crippen LogP contribution in [-0.4, -0.2) is 14.6 Å². The van der Waals surface area contributed by atoms with E-state index in [1.54, 1.807) is 0 Å². The summed E-state index contributed by atoms with van der Waals surface area (Å²) in [6.07, 6.45) is 1.97. The monoisotopic (exact) mass is 223 g/mol. The van der Waals surface area contributed by atoms with E-state index < -0.39 is 0 Å². The Morgan fingerprint density at radius 2 is 1.71 bits per heavy atom. The topological polar surface area (TPSA) is 30.2 Å². The van der Waals surface area contributed by atoms with Crippen molar-refractivity contribution >= 4 is 5.65 Å². The number of aryl methyl sites for hydroxylation is 2. The summed E-state index contributed by atoms with van der Waals surface area (Å²) in [5.41, 5.74) is 5.21. The van der Waals surface area contributed by atoms with Gasteiger partial charge in [-0.2, -0.15) is 5.10 Å². The van der Waals surface area contributed by atoms with Crippen molar-refractivity contribution in [3.63, 3.8) is 0 Å². The standard InChI is InChI=1S/C14H13N3/c1-10-3-6-12(7-4-10)13-9-17-14(15-13)8-5-11(2)16-17/h3-9H,1-2H3. The first kappa shape index (κ1) is 10.0. The van der Waals surface area contributed by atoms with E-state index in [4.69, 9.17) is 0 Å². The van der Waals surface area contributed by atoms with Gasteiger partial charge in [0.1, 0.15) is 0 Å². The van der Waals surface area contributed by atoms with Crippen molar-refractivity contribution in [2.24, 2.45) is 0 Å². The fourth-order valence-electron chi connectivity index (χ4n) is 1.84. The van der Waals surface area contributed by atoms with Crippen molar-refractivity contribution in [2.75, 3.05) is 0 Å². The molecule has 0 amide bonds. The van der Waals surface area contributed by atoms with E-state index >= 15 is 0 Å². The van der Waals surface area contributed by atoms with Crippen LogP contribution in [0, 0.1) is 13.8 Å². The lowest BCUT2D eigenvalue weighted by Crippen LogP contribution is -1.91. The van der Waals surface area contributed by atoms with Crippen LogP contribution in [-0.2, 0) is 0 Å². The molecule has 0 atom stereocenters. The SMILES string of the molecule is Cc1ccc(-c2cn3nc(C)ccc3n2)cc1. The molecule has 0 radical (unpaired) electrons. The third-order valence-corrected chi connectivity index (χ3v) is 2.80. The Morgan fingerprint density at radius 1 is 0.941 bits per heavy atom. The lowest BCUT2D eigenvalue weighted by Gasteiger charge is -1.95. The second-order valence-electron chi connectivity index (χ2n) is 4.27. The molecule has 0 aliphatic heterocycles. The summed E-state index contributed by atoms with van der Waals surface area (Å²) in [6, 6.07) is 12.3. The molecule has 2 heterocycles. The number of hydrogen-bond acceptors (Lipinski definition) is 2. The van der Waals surface area contributed by atoms with Crippen LogP contribution in [0.25, 0.3) is 16.9 Å². The van der Waals surface area contributed by atoms with Gasteiger partial charge >= 0.3 is 0 Å². The average molecular weight is 223 g/mol. The first-order chi connectivity index (χ1) is 8.22. The number of nitrogens with zero attached hydrogens (tertiary/aromatic N) is 3. The van der Waals surface area contributed by atoms with Gasteiger partial charge in [0.25, 0.3) is 0 Å². The van der Waals surface area contributed by atoms with E-state index in [1.807, 2.05) is 29.8 Å². The van der Waals surface area contributed by atoms with Gasteiger partial charge in [0.2, 0.25) is 0 Å². The Bertz CT molecular complexity index is 666. The molecule has 0 unspecified atom stereocenters. The normalized spacial score (nSPS) is 10.9. The molecule has 0 aliphatic carbocycles. The zero-order valence-corrected chi connectivity index (χ0v) is 9.88. The first-order valence-electron chi connectivity index (χ1n) is 5.62. The number of benzene rings is 1. The summed E-state index contributed by atoms with van der Waals surface area (Å²) in [6.45, 7) is 4.06. The molecule has 3 nitrogen and oxygen atoms in total. The molecule has 0 saturated heterocycles. The summed E-state index contributed by atoms with van der Waals surface area (Å²) in [5.74, 6) is 0. The second kappa shape index (κ2) is 3.70. The predicted octanol–water partition coefficient (Wildman–Crippen LogP) is 3.01. The fourth-order valence-corrected chi connectivity index (χ4v) is 1.84. The summed E-state index contributed by atoms with van der Waals surface area (Å²) < 4.78 is 1.82. The number of fused-ring (bicyclic) bond motifs is 1. The van der Waals surface area contributed by atoms with Crippen LogP contribution in [0.3, 0.4) is 0 Å². The van der Waals surface area contributed by atoms with Crippen LogP contribution >= 0.6 is 0 Å². The first-order valence-corrected chi connectivity index (χ1v) is 5.62. The van der Waals surface area contributed by atoms with Crippen molar-refractivity contribution in [3.8, 4) is 11.3 Å². The van der Waals surface area contributed by atoms with Gasteiger partial charge in [-0.15, -0.1) is 0 Å². The lowest BCUT2D eigenvalue weighted by atomic mass is 10.1. The smallest absolute Gasteiger partial charge is 0.154 e. The van der Waals surface area contributed by atoms with Crippen LogP contribution in [0.15, 0.2) is 42.6 Å². The lowest BCUT2D eigenvalue weighted by molar-refractivity contribution is 0.901. The fraction of sp³-hybridized carbons (Fsp3) is 0.143. The number of aromatic nitrogens is 3. The van der Waals surface area contributed by atoms with Gasteiger partial charge in [0.15, 0.2) is 5.65 Å². The van der Waals surface area contributed by atoms with Gasteiger partial charge in [0, 0.05) is 5.56 Å². The summed E-state index contributed by atoms with van der Waals surface area (Å²) in [7, 11) is 0. The van der Waals surface area contributed by atoms with Gasteiger partial charge < -0.3 is 0 Å². The van der Waals surface area contributed by atoms with Gasteiger partial charge in [-0.3, -0.25) is 0 Å². The van der Waals surface area contributed by atoms with Crippen molar-refractivity contribution in [2.45, 2.75) is 13.8 Å². The molecular formula is C14H13N3. The zero-order chi connectivity index (χ0) is 11.8. The Morgan fingerprint density at radius 3 is 2.47 bits per heavy atom. The summed E-state index contributed by atoms with van der Waals surface area (Å²) >= 11 is 0. The molecule has 84 valence electrons. The van der Waals surface area contributed by atoms with E-state index in [1.165, 1.54) is 5.56 Å². The summed E-state index contributed by atoms with van der Waals surface area (Å²) in [5, 5.41) is 4.39. The molecule has 3 heteroatoms. The second-order valence-corrected chi connectivity index (χ2v) is 4.27. The molecule has 0 fully saturated rings. The molecule has 17 heavy (non-hydrogen) atoms. The third kappa shape index (κ3) is 1.80. The molecule has 0 spiro atoms. The molecule has 3 aromatic rings. The van der Waals surface area contributed by atoms with E-state index in [0.717, 1.165) is 22.6 Å². The Labute approximate surface area is 99.7 Å². The largest absolute Gasteiger partial charge is 0.227 e. The quantitative estimate of drug-likeness (QED) is 0.634. The van der Waals surface area contributed by atoms with Crippen LogP contribution in [0.5, 0.6) is 0 Å². The van der Waals surface area contributed by atoms with Crippen LogP contribution in [0.2, 0.25) is 0 Å². The van der Waals surface area contributed by atoms with Crippen molar-refractivity contribution < 1.29 is 0 Å². The number of hydrogen-bond donors (Lipinski definition) is 0. The van der Waals surface area contributed by atoms with E-state index in [0.29, 0.717) is 0 Å². The summed E-state index contributed by atoms with van der Waals surface area (Å²) in [4.78, 5) is 4.55. The number of imidazole rings is 1. The molecule has 0 N–H and O–H groups in total. The van der Waals surface area contributed by atoms with E-state index in [-0.39, 0.29) is 0 Å². The Balaban J connectivity index is 2.14. The molecule has 0 saturated carbocycles. The van der Waals surface area contributed by atoms with Crippen LogP contribution in [0.1, 0.15) is 11.3 Å². The minimum atomic E-state index is 0.881. The van der Waals surface area contributed by atoms with E-state index in [2.05, 4.69) is 41.3 Å². The molecule has 2 aromatic heterocycles. The maximum absolute atomic E-state index is 4.55. The van der Waals surface area contributed by atoms with Crippen molar-refractivity contribution in [3.05, 3.63) is 53.9 Å². The van der Waals surface area contributed by atoms with Crippen LogP contribution in [0.4, 0.5) is 0 Å². The minimum Gasteiger partial charge on any atom is -0.227 e. The van der Waals surface area contributed by atoms with Crippen LogP contribution < -0.4 is 0 Å². The average Bonchev–Trinajstić information content (AvgIpc) is 2.72. The molecule has 3 rings (SSSR count). The Hall–Kier alpha value is -2.16. The van der Waals surface area contributed by atoms with Gasteiger partial charge in [0.05, 0.1) is 17.6 Å². The van der Waals surface area contributed by atoms with E-state index in [9.17, 15) is 0 Å². The minimum absolute atomic E-state index is 0.881. The molecular weight excluding hydrogens is 210 g/mol.